The van der Waals surface area contributed by atoms with E-state index in [4.69, 9.17) is 16.0 Å². The topological polar surface area (TPSA) is 60.1 Å². The van der Waals surface area contributed by atoms with Gasteiger partial charge in [-0.25, -0.2) is 4.68 Å². The average Bonchev–Trinajstić information content (AvgIpc) is 3.44. The van der Waals surface area contributed by atoms with E-state index in [0.717, 1.165) is 17.1 Å². The van der Waals surface area contributed by atoms with Gasteiger partial charge in [-0.2, -0.15) is 5.10 Å². The summed E-state index contributed by atoms with van der Waals surface area (Å²) in [6.45, 7) is 13.4. The van der Waals surface area contributed by atoms with Gasteiger partial charge in [-0.1, -0.05) is 57.5 Å². The summed E-state index contributed by atoms with van der Waals surface area (Å²) in [6.07, 6.45) is 3.01. The molecular weight excluding hydrogens is 482 g/mol. The maximum atomic E-state index is 13.1. The molecule has 0 fully saturated rings. The van der Waals surface area contributed by atoms with Gasteiger partial charge in [-0.3, -0.25) is 4.79 Å². The van der Waals surface area contributed by atoms with Crippen LogP contribution in [0.3, 0.4) is 0 Å². The zero-order valence-corrected chi connectivity index (χ0v) is 23.2. The Bertz CT molecular complexity index is 1490. The van der Waals surface area contributed by atoms with Crippen molar-refractivity contribution in [3.8, 4) is 5.69 Å². The first-order valence-electron chi connectivity index (χ1n) is 12.8. The Morgan fingerprint density at radius 1 is 1.00 bits per heavy atom. The molecule has 2 aromatic carbocycles. The van der Waals surface area contributed by atoms with E-state index in [1.54, 1.807) is 22.9 Å². The number of amides is 1. The fourth-order valence-corrected chi connectivity index (χ4v) is 5.50. The number of carbonyl (C=O) groups excluding carboxylic acids is 1. The van der Waals surface area contributed by atoms with Crippen LogP contribution >= 0.6 is 11.6 Å². The monoisotopic (exact) mass is 515 g/mol. The summed E-state index contributed by atoms with van der Waals surface area (Å²) >= 11 is 6.16. The van der Waals surface area contributed by atoms with Crippen molar-refractivity contribution in [2.75, 3.05) is 5.32 Å². The van der Waals surface area contributed by atoms with Crippen molar-refractivity contribution in [2.24, 2.45) is 0 Å². The molecule has 192 valence electrons. The Morgan fingerprint density at radius 2 is 1.70 bits per heavy atom. The first-order chi connectivity index (χ1) is 17.4. The standard InChI is InChI=1S/C31H34ClN3O2/c1-19-14-25-26(31(5,6)13-12-30(25,3)4)17-21(19)16-24-10-11-27(37-24)29(36)33-28-15-20(2)34-35(28)23-9-7-8-22(32)18-23/h7-11,14-15,17-18H,12-13,16H2,1-6H3,(H,33,36). The third kappa shape index (κ3) is 4.97. The Balaban J connectivity index is 1.37. The van der Waals surface area contributed by atoms with Gasteiger partial charge in [-0.05, 0) is 90.1 Å². The van der Waals surface area contributed by atoms with Crippen molar-refractivity contribution in [2.45, 2.75) is 71.6 Å². The van der Waals surface area contributed by atoms with E-state index in [-0.39, 0.29) is 22.5 Å². The number of nitrogens with one attached hydrogen (secondary N) is 1. The lowest BCUT2D eigenvalue weighted by Crippen LogP contribution is -2.34. The summed E-state index contributed by atoms with van der Waals surface area (Å²) in [4.78, 5) is 13.1. The lowest BCUT2D eigenvalue weighted by molar-refractivity contribution is 0.0994. The van der Waals surface area contributed by atoms with Crippen molar-refractivity contribution < 1.29 is 9.21 Å². The highest BCUT2D eigenvalue weighted by Gasteiger charge is 2.37. The summed E-state index contributed by atoms with van der Waals surface area (Å²) in [6, 6.07) is 17.5. The van der Waals surface area contributed by atoms with Gasteiger partial charge in [0.2, 0.25) is 0 Å². The molecule has 2 heterocycles. The van der Waals surface area contributed by atoms with Crippen LogP contribution in [0.1, 0.15) is 84.8 Å². The number of carbonyl (C=O) groups is 1. The second-order valence-electron chi connectivity index (χ2n) is 11.6. The third-order valence-corrected chi connectivity index (χ3v) is 7.92. The fraction of sp³-hybridized carbons (Fsp3) is 0.355. The first kappa shape index (κ1) is 25.3. The highest BCUT2D eigenvalue weighted by molar-refractivity contribution is 6.30. The molecule has 0 unspecified atom stereocenters. The normalized spacial score (nSPS) is 15.9. The van der Waals surface area contributed by atoms with Crippen molar-refractivity contribution in [1.29, 1.82) is 0 Å². The Hall–Kier alpha value is -3.31. The van der Waals surface area contributed by atoms with Gasteiger partial charge in [-0.15, -0.1) is 0 Å². The van der Waals surface area contributed by atoms with E-state index in [2.05, 4.69) is 57.2 Å². The van der Waals surface area contributed by atoms with Crippen molar-refractivity contribution in [3.63, 3.8) is 0 Å². The number of hydrogen-bond donors (Lipinski definition) is 1. The van der Waals surface area contributed by atoms with Crippen LogP contribution in [0, 0.1) is 13.8 Å². The molecule has 1 aliphatic carbocycles. The van der Waals surface area contributed by atoms with E-state index < -0.39 is 0 Å². The van der Waals surface area contributed by atoms with E-state index >= 15 is 0 Å². The summed E-state index contributed by atoms with van der Waals surface area (Å²) < 4.78 is 7.69. The molecule has 2 aromatic heterocycles. The van der Waals surface area contributed by atoms with Crippen molar-refractivity contribution >= 4 is 23.3 Å². The van der Waals surface area contributed by atoms with Gasteiger partial charge in [0.15, 0.2) is 5.76 Å². The lowest BCUT2D eigenvalue weighted by atomic mass is 9.62. The van der Waals surface area contributed by atoms with Gasteiger partial charge in [0.05, 0.1) is 11.4 Å². The number of hydrogen-bond acceptors (Lipinski definition) is 3. The summed E-state index contributed by atoms with van der Waals surface area (Å²) in [7, 11) is 0. The minimum Gasteiger partial charge on any atom is -0.456 e. The Labute approximate surface area is 223 Å². The van der Waals surface area contributed by atoms with Crippen LogP contribution in [-0.4, -0.2) is 15.7 Å². The number of benzene rings is 2. The fourth-order valence-electron chi connectivity index (χ4n) is 5.31. The van der Waals surface area contributed by atoms with E-state index in [9.17, 15) is 4.79 Å². The highest BCUT2D eigenvalue weighted by atomic mass is 35.5. The van der Waals surface area contributed by atoms with Crippen LogP contribution < -0.4 is 5.32 Å². The van der Waals surface area contributed by atoms with Crippen LogP contribution in [0.25, 0.3) is 5.69 Å². The molecule has 0 spiro atoms. The zero-order chi connectivity index (χ0) is 26.5. The van der Waals surface area contributed by atoms with Gasteiger partial charge >= 0.3 is 0 Å². The number of aromatic nitrogens is 2. The second kappa shape index (κ2) is 9.21. The van der Waals surface area contributed by atoms with Gasteiger partial charge in [0.1, 0.15) is 11.6 Å². The molecule has 0 saturated carbocycles. The number of aryl methyl sites for hydroxylation is 2. The number of rotatable bonds is 5. The number of halogens is 1. The minimum absolute atomic E-state index is 0.144. The predicted octanol–water partition coefficient (Wildman–Crippen LogP) is 7.93. The maximum Gasteiger partial charge on any atom is 0.292 e. The summed E-state index contributed by atoms with van der Waals surface area (Å²) in [5.74, 6) is 1.27. The second-order valence-corrected chi connectivity index (χ2v) is 12.0. The molecule has 6 heteroatoms. The molecule has 1 amide bonds. The van der Waals surface area contributed by atoms with E-state index in [1.165, 1.54) is 35.1 Å². The van der Waals surface area contributed by atoms with Crippen molar-refractivity contribution in [1.82, 2.24) is 9.78 Å². The third-order valence-electron chi connectivity index (χ3n) is 7.69. The van der Waals surface area contributed by atoms with E-state index in [0.29, 0.717) is 17.3 Å². The van der Waals surface area contributed by atoms with Gasteiger partial charge in [0.25, 0.3) is 5.91 Å². The molecule has 5 rings (SSSR count). The first-order valence-corrected chi connectivity index (χ1v) is 13.2. The quantitative estimate of drug-likeness (QED) is 0.293. The predicted molar refractivity (Wildman–Crippen MR) is 149 cm³/mol. The Kier molecular flexibility index (Phi) is 6.31. The molecule has 0 aliphatic heterocycles. The summed E-state index contributed by atoms with van der Waals surface area (Å²) in [5, 5.41) is 8.05. The number of anilines is 1. The lowest BCUT2D eigenvalue weighted by Gasteiger charge is -2.42. The number of furan rings is 1. The van der Waals surface area contributed by atoms with Crippen LogP contribution in [0.2, 0.25) is 5.02 Å². The largest absolute Gasteiger partial charge is 0.456 e. The molecular formula is C31H34ClN3O2. The molecule has 1 N–H and O–H groups in total. The Morgan fingerprint density at radius 3 is 2.41 bits per heavy atom. The SMILES string of the molecule is Cc1cc(NC(=O)c2ccc(Cc3cc4c(cc3C)C(C)(C)CCC4(C)C)o2)n(-c2cccc(Cl)c2)n1. The molecule has 0 bridgehead atoms. The highest BCUT2D eigenvalue weighted by Crippen LogP contribution is 2.46. The van der Waals surface area contributed by atoms with Crippen LogP contribution in [0.15, 0.2) is 59.0 Å². The maximum absolute atomic E-state index is 13.1. The molecule has 1 aliphatic rings. The summed E-state index contributed by atoms with van der Waals surface area (Å²) in [5.41, 5.74) is 7.25. The van der Waals surface area contributed by atoms with E-state index in [1.807, 2.05) is 31.2 Å². The average molecular weight is 516 g/mol. The van der Waals surface area contributed by atoms with Crippen LogP contribution in [0.4, 0.5) is 5.82 Å². The van der Waals surface area contributed by atoms with Crippen LogP contribution in [-0.2, 0) is 17.3 Å². The molecule has 0 radical (unpaired) electrons. The van der Waals surface area contributed by atoms with Crippen molar-refractivity contribution in [3.05, 3.63) is 99.1 Å². The molecule has 37 heavy (non-hydrogen) atoms. The number of fused-ring (bicyclic) bond motifs is 1. The van der Waals surface area contributed by atoms with Gasteiger partial charge < -0.3 is 9.73 Å². The minimum atomic E-state index is -0.320. The molecule has 0 saturated heterocycles. The molecule has 0 atom stereocenters. The number of nitrogens with zero attached hydrogens (tertiary/aromatic N) is 2. The smallest absolute Gasteiger partial charge is 0.292 e. The van der Waals surface area contributed by atoms with Crippen LogP contribution in [0.5, 0.6) is 0 Å². The zero-order valence-electron chi connectivity index (χ0n) is 22.4. The molecule has 4 aromatic rings. The van der Waals surface area contributed by atoms with Gasteiger partial charge in [0, 0.05) is 17.5 Å². The molecule has 5 nitrogen and oxygen atoms in total.